The number of halogens is 3. The van der Waals surface area contributed by atoms with Gasteiger partial charge in [-0.2, -0.15) is 13.2 Å². The first-order valence-corrected chi connectivity index (χ1v) is 18.8. The van der Waals surface area contributed by atoms with Gasteiger partial charge in [0.25, 0.3) is 0 Å². The Hall–Kier alpha value is -2.01. The van der Waals surface area contributed by atoms with E-state index in [9.17, 15) is 13.2 Å². The third-order valence-electron chi connectivity index (χ3n) is 12.3. The molecule has 0 bridgehead atoms. The van der Waals surface area contributed by atoms with Crippen LogP contribution in [0.4, 0.5) is 13.2 Å². The molecule has 0 radical (unpaired) electrons. The van der Waals surface area contributed by atoms with E-state index < -0.39 is 11.7 Å². The standard InChI is InChI=1S/C41H60F3NO/c1-4-5-6-7-8-9-10-11-12-13-14-15-27-45(30-31-17-16-18-33(28-31)41(42,43)44)39-24-23-38-37-21-19-32-29-34(46-3)20-22-35(32)36(37)25-26-40(38,39)2/h16-18,20,22,28-29,36-39H,4-15,19,21,23-27,30H2,1-3H3/t36-,37-,38+,39+,40+/m1/s1. The fourth-order valence-electron chi connectivity index (χ4n) is 9.84. The average molecular weight is 640 g/mol. The second-order valence-electron chi connectivity index (χ2n) is 15.2. The summed E-state index contributed by atoms with van der Waals surface area (Å²) in [6.07, 6.45) is 18.7. The highest BCUT2D eigenvalue weighted by Crippen LogP contribution is 2.62. The summed E-state index contributed by atoms with van der Waals surface area (Å²) in [5.41, 5.74) is 3.50. The SMILES string of the molecule is CCCCCCCCCCCCCCN(Cc1cccc(C(F)(F)F)c1)[C@H]1CC[C@H]2[C@@H]3CCc4cc(OC)ccc4[C@H]3CC[C@]12C. The Morgan fingerprint density at radius 1 is 0.826 bits per heavy atom. The minimum Gasteiger partial charge on any atom is -0.497 e. The van der Waals surface area contributed by atoms with Crippen molar-refractivity contribution in [1.29, 1.82) is 0 Å². The molecule has 0 aliphatic heterocycles. The highest BCUT2D eigenvalue weighted by Gasteiger charge is 2.56. The van der Waals surface area contributed by atoms with E-state index in [1.165, 1.54) is 114 Å². The number of alkyl halides is 3. The quantitative estimate of drug-likeness (QED) is 0.160. The molecule has 0 aromatic heterocycles. The average Bonchev–Trinajstić information content (AvgIpc) is 3.41. The number of fused-ring (bicyclic) bond motifs is 5. The van der Waals surface area contributed by atoms with Crippen LogP contribution in [0, 0.1) is 17.3 Å². The van der Waals surface area contributed by atoms with Crippen LogP contribution in [0.25, 0.3) is 0 Å². The molecule has 3 aliphatic rings. The molecule has 256 valence electrons. The molecule has 0 amide bonds. The number of hydrogen-bond acceptors (Lipinski definition) is 2. The second kappa shape index (κ2) is 16.4. The zero-order chi connectivity index (χ0) is 32.6. The van der Waals surface area contributed by atoms with Crippen LogP contribution in [-0.2, 0) is 19.1 Å². The third kappa shape index (κ3) is 8.52. The number of ether oxygens (including phenoxy) is 1. The molecule has 5 atom stereocenters. The molecule has 2 aromatic carbocycles. The van der Waals surface area contributed by atoms with Crippen molar-refractivity contribution in [2.24, 2.45) is 17.3 Å². The molecule has 2 fully saturated rings. The van der Waals surface area contributed by atoms with Crippen molar-refractivity contribution < 1.29 is 17.9 Å². The summed E-state index contributed by atoms with van der Waals surface area (Å²) < 4.78 is 46.5. The molecule has 0 heterocycles. The van der Waals surface area contributed by atoms with E-state index in [1.54, 1.807) is 18.7 Å². The van der Waals surface area contributed by atoms with Crippen LogP contribution >= 0.6 is 0 Å². The number of rotatable bonds is 17. The van der Waals surface area contributed by atoms with Crippen molar-refractivity contribution >= 4 is 0 Å². The first-order valence-electron chi connectivity index (χ1n) is 18.8. The van der Waals surface area contributed by atoms with Gasteiger partial charge in [0.15, 0.2) is 0 Å². The van der Waals surface area contributed by atoms with E-state index in [2.05, 4.69) is 36.9 Å². The Kier molecular flexibility index (Phi) is 12.6. The number of hydrogen-bond donors (Lipinski definition) is 0. The first kappa shape index (κ1) is 35.3. The lowest BCUT2D eigenvalue weighted by molar-refractivity contribution is -0.137. The number of nitrogens with zero attached hydrogens (tertiary/aromatic N) is 1. The maximum Gasteiger partial charge on any atom is 0.416 e. The summed E-state index contributed by atoms with van der Waals surface area (Å²) in [6.45, 7) is 6.41. The topological polar surface area (TPSA) is 12.5 Å². The van der Waals surface area contributed by atoms with Crippen molar-refractivity contribution in [1.82, 2.24) is 4.90 Å². The zero-order valence-corrected chi connectivity index (χ0v) is 29.0. The van der Waals surface area contributed by atoms with Gasteiger partial charge >= 0.3 is 6.18 Å². The van der Waals surface area contributed by atoms with E-state index in [1.807, 2.05) is 6.07 Å². The van der Waals surface area contributed by atoms with Crippen LogP contribution < -0.4 is 4.74 Å². The molecule has 5 rings (SSSR count). The van der Waals surface area contributed by atoms with Crippen LogP contribution in [0.2, 0.25) is 0 Å². The molecule has 2 saturated carbocycles. The lowest BCUT2D eigenvalue weighted by Gasteiger charge is -2.52. The van der Waals surface area contributed by atoms with Gasteiger partial charge in [0.2, 0.25) is 0 Å². The van der Waals surface area contributed by atoms with Crippen LogP contribution in [-0.4, -0.2) is 24.6 Å². The fraction of sp³-hybridized carbons (Fsp3) is 0.707. The largest absolute Gasteiger partial charge is 0.497 e. The Morgan fingerprint density at radius 3 is 2.20 bits per heavy atom. The maximum absolute atomic E-state index is 13.6. The Bertz CT molecular complexity index is 1230. The first-order chi connectivity index (χ1) is 22.2. The summed E-state index contributed by atoms with van der Waals surface area (Å²) in [5.74, 6) is 2.96. The monoisotopic (exact) mass is 639 g/mol. The van der Waals surface area contributed by atoms with E-state index in [0.717, 1.165) is 37.1 Å². The van der Waals surface area contributed by atoms with Gasteiger partial charge in [-0.3, -0.25) is 4.90 Å². The van der Waals surface area contributed by atoms with Gasteiger partial charge < -0.3 is 4.74 Å². The van der Waals surface area contributed by atoms with Gasteiger partial charge in [0, 0.05) is 12.6 Å². The minimum absolute atomic E-state index is 0.212. The third-order valence-corrected chi connectivity index (χ3v) is 12.3. The number of methoxy groups -OCH3 is 1. The van der Waals surface area contributed by atoms with Crippen molar-refractivity contribution in [3.8, 4) is 5.75 Å². The normalized spacial score (nSPS) is 25.7. The molecule has 2 nitrogen and oxygen atoms in total. The lowest BCUT2D eigenvalue weighted by Crippen LogP contribution is -2.50. The summed E-state index contributed by atoms with van der Waals surface area (Å²) in [4.78, 5) is 2.62. The van der Waals surface area contributed by atoms with Gasteiger partial charge in [-0.25, -0.2) is 0 Å². The van der Waals surface area contributed by atoms with E-state index in [4.69, 9.17) is 4.74 Å². The highest BCUT2D eigenvalue weighted by molar-refractivity contribution is 5.41. The number of unbranched alkanes of at least 4 members (excludes halogenated alkanes) is 11. The van der Waals surface area contributed by atoms with E-state index in [0.29, 0.717) is 30.3 Å². The molecule has 3 aliphatic carbocycles. The van der Waals surface area contributed by atoms with Crippen molar-refractivity contribution in [2.75, 3.05) is 13.7 Å². The predicted octanol–water partition coefficient (Wildman–Crippen LogP) is 12.1. The van der Waals surface area contributed by atoms with Gasteiger partial charge in [-0.05, 0) is 110 Å². The molecule has 5 heteroatoms. The Balaban J connectivity index is 1.21. The van der Waals surface area contributed by atoms with Gasteiger partial charge in [-0.15, -0.1) is 0 Å². The zero-order valence-electron chi connectivity index (χ0n) is 29.0. The summed E-state index contributed by atoms with van der Waals surface area (Å²) in [5, 5.41) is 0. The van der Waals surface area contributed by atoms with Gasteiger partial charge in [0.05, 0.1) is 12.7 Å². The highest BCUT2D eigenvalue weighted by atomic mass is 19.4. The van der Waals surface area contributed by atoms with Crippen LogP contribution in [0.3, 0.4) is 0 Å². The van der Waals surface area contributed by atoms with E-state index >= 15 is 0 Å². The maximum atomic E-state index is 13.6. The smallest absolute Gasteiger partial charge is 0.416 e. The fourth-order valence-corrected chi connectivity index (χ4v) is 9.84. The van der Waals surface area contributed by atoms with Gasteiger partial charge in [0.1, 0.15) is 5.75 Å². The van der Waals surface area contributed by atoms with Crippen LogP contribution in [0.1, 0.15) is 151 Å². The molecule has 2 aromatic rings. The van der Waals surface area contributed by atoms with Crippen molar-refractivity contribution in [3.63, 3.8) is 0 Å². The van der Waals surface area contributed by atoms with Crippen molar-refractivity contribution in [3.05, 3.63) is 64.7 Å². The molecule has 0 saturated heterocycles. The lowest BCUT2D eigenvalue weighted by atomic mass is 9.55. The molecule has 0 spiro atoms. The number of aryl methyl sites for hydroxylation is 1. The molecule has 0 N–H and O–H groups in total. The molecule has 46 heavy (non-hydrogen) atoms. The van der Waals surface area contributed by atoms with Gasteiger partial charge in [-0.1, -0.05) is 109 Å². The molecular weight excluding hydrogens is 579 g/mol. The number of benzene rings is 2. The summed E-state index contributed by atoms with van der Waals surface area (Å²) in [7, 11) is 1.75. The summed E-state index contributed by atoms with van der Waals surface area (Å²) in [6, 6.07) is 13.3. The van der Waals surface area contributed by atoms with Crippen molar-refractivity contribution in [2.45, 2.75) is 154 Å². The molecular formula is C41H60F3NO. The predicted molar refractivity (Wildman–Crippen MR) is 184 cm³/mol. The minimum atomic E-state index is -4.31. The summed E-state index contributed by atoms with van der Waals surface area (Å²) >= 11 is 0. The van der Waals surface area contributed by atoms with Crippen LogP contribution in [0.15, 0.2) is 42.5 Å². The molecule has 0 unspecified atom stereocenters. The Labute approximate surface area is 277 Å². The second-order valence-corrected chi connectivity index (χ2v) is 15.2. The Morgan fingerprint density at radius 2 is 1.52 bits per heavy atom. The van der Waals surface area contributed by atoms with E-state index in [-0.39, 0.29) is 5.41 Å². The van der Waals surface area contributed by atoms with Crippen LogP contribution in [0.5, 0.6) is 5.75 Å².